The summed E-state index contributed by atoms with van der Waals surface area (Å²) in [5, 5.41) is 3.62. The molecule has 0 fully saturated rings. The summed E-state index contributed by atoms with van der Waals surface area (Å²) in [6, 6.07) is 12.9. The third-order valence-corrected chi connectivity index (χ3v) is 4.97. The SMILES string of the molecule is COc1ccc2c(c1)C(C)CC(C)(C)N2C(=O)Nc1ccc(Cl)cc1. The highest BCUT2D eigenvalue weighted by Crippen LogP contribution is 2.44. The summed E-state index contributed by atoms with van der Waals surface area (Å²) < 4.78 is 5.35. The topological polar surface area (TPSA) is 41.6 Å². The lowest BCUT2D eigenvalue weighted by Gasteiger charge is -2.45. The van der Waals surface area contributed by atoms with Gasteiger partial charge in [0.25, 0.3) is 0 Å². The van der Waals surface area contributed by atoms with Crippen LogP contribution in [0.1, 0.15) is 38.7 Å². The zero-order valence-electron chi connectivity index (χ0n) is 15.0. The molecule has 2 amide bonds. The zero-order chi connectivity index (χ0) is 18.2. The van der Waals surface area contributed by atoms with Crippen molar-refractivity contribution < 1.29 is 9.53 Å². The first-order valence-electron chi connectivity index (χ1n) is 8.36. The molecule has 0 saturated heterocycles. The number of carbonyl (C=O) groups excluding carboxylic acids is 1. The number of halogens is 1. The van der Waals surface area contributed by atoms with E-state index in [9.17, 15) is 4.79 Å². The van der Waals surface area contributed by atoms with Gasteiger partial charge in [-0.1, -0.05) is 18.5 Å². The Morgan fingerprint density at radius 3 is 2.56 bits per heavy atom. The molecular weight excluding hydrogens is 336 g/mol. The number of ether oxygens (including phenoxy) is 1. The molecule has 1 aliphatic heterocycles. The molecule has 2 aromatic carbocycles. The molecule has 0 aliphatic carbocycles. The van der Waals surface area contributed by atoms with Crippen molar-refractivity contribution in [3.63, 3.8) is 0 Å². The Labute approximate surface area is 153 Å². The van der Waals surface area contributed by atoms with Gasteiger partial charge in [-0.3, -0.25) is 4.90 Å². The summed E-state index contributed by atoms with van der Waals surface area (Å²) in [5.74, 6) is 1.16. The van der Waals surface area contributed by atoms with Crippen LogP contribution in [0.15, 0.2) is 42.5 Å². The lowest BCUT2D eigenvalue weighted by Crippen LogP contribution is -2.53. The molecular formula is C20H23ClN2O2. The van der Waals surface area contributed by atoms with Gasteiger partial charge in [-0.25, -0.2) is 4.79 Å². The third kappa shape index (κ3) is 3.45. The highest BCUT2D eigenvalue weighted by atomic mass is 35.5. The van der Waals surface area contributed by atoms with E-state index < -0.39 is 0 Å². The Bertz CT molecular complexity index is 787. The number of nitrogens with one attached hydrogen (secondary N) is 1. The number of urea groups is 1. The summed E-state index contributed by atoms with van der Waals surface area (Å²) in [5.41, 5.74) is 2.48. The fraction of sp³-hybridized carbons (Fsp3) is 0.350. The van der Waals surface area contributed by atoms with E-state index in [1.165, 1.54) is 0 Å². The van der Waals surface area contributed by atoms with E-state index in [0.717, 1.165) is 29.1 Å². The minimum Gasteiger partial charge on any atom is -0.497 e. The molecule has 132 valence electrons. The van der Waals surface area contributed by atoms with E-state index in [-0.39, 0.29) is 11.6 Å². The van der Waals surface area contributed by atoms with Gasteiger partial charge in [0.05, 0.1) is 7.11 Å². The predicted molar refractivity (Wildman–Crippen MR) is 103 cm³/mol. The van der Waals surface area contributed by atoms with Gasteiger partial charge >= 0.3 is 6.03 Å². The molecule has 5 heteroatoms. The molecule has 0 saturated carbocycles. The Hall–Kier alpha value is -2.20. The quantitative estimate of drug-likeness (QED) is 0.751. The molecule has 0 radical (unpaired) electrons. The van der Waals surface area contributed by atoms with Crippen LogP contribution in [0.5, 0.6) is 5.75 Å². The van der Waals surface area contributed by atoms with Crippen molar-refractivity contribution in [3.05, 3.63) is 53.1 Å². The number of nitrogens with zero attached hydrogens (tertiary/aromatic N) is 1. The first-order chi connectivity index (χ1) is 11.8. The first-order valence-corrected chi connectivity index (χ1v) is 8.74. The van der Waals surface area contributed by atoms with Gasteiger partial charge in [-0.2, -0.15) is 0 Å². The summed E-state index contributed by atoms with van der Waals surface area (Å²) in [7, 11) is 1.66. The van der Waals surface area contributed by atoms with Gasteiger partial charge in [0.1, 0.15) is 5.75 Å². The standard InChI is InChI=1S/C20H23ClN2O2/c1-13-12-20(2,3)23(18-10-9-16(25-4)11-17(13)18)19(24)22-15-7-5-14(21)6-8-15/h5-11,13H,12H2,1-4H3,(H,22,24). The van der Waals surface area contributed by atoms with Gasteiger partial charge in [-0.05, 0) is 74.2 Å². The molecule has 1 aliphatic rings. The van der Waals surface area contributed by atoms with E-state index in [0.29, 0.717) is 10.9 Å². The Morgan fingerprint density at radius 1 is 1.24 bits per heavy atom. The molecule has 1 N–H and O–H groups in total. The molecule has 0 aromatic heterocycles. The smallest absolute Gasteiger partial charge is 0.326 e. The molecule has 1 heterocycles. The predicted octanol–water partition coefficient (Wildman–Crippen LogP) is 5.67. The normalized spacial score (nSPS) is 18.4. The summed E-state index contributed by atoms with van der Waals surface area (Å²) >= 11 is 5.92. The number of hydrogen-bond acceptors (Lipinski definition) is 2. The minimum atomic E-state index is -0.294. The first kappa shape index (κ1) is 17.6. The minimum absolute atomic E-state index is 0.148. The second-order valence-corrected chi connectivity index (χ2v) is 7.55. The summed E-state index contributed by atoms with van der Waals surface area (Å²) in [6.07, 6.45) is 0.876. The van der Waals surface area contributed by atoms with Gasteiger partial charge in [0.15, 0.2) is 0 Å². The van der Waals surface area contributed by atoms with Crippen molar-refractivity contribution in [1.29, 1.82) is 0 Å². The Balaban J connectivity index is 1.97. The maximum atomic E-state index is 13.0. The molecule has 4 nitrogen and oxygen atoms in total. The van der Waals surface area contributed by atoms with Crippen molar-refractivity contribution >= 4 is 29.0 Å². The van der Waals surface area contributed by atoms with E-state index in [1.807, 2.05) is 23.1 Å². The Kier molecular flexibility index (Phi) is 4.65. The average Bonchev–Trinajstić information content (AvgIpc) is 2.56. The second-order valence-electron chi connectivity index (χ2n) is 7.11. The molecule has 1 atom stereocenters. The number of anilines is 2. The number of rotatable bonds is 2. The molecule has 0 bridgehead atoms. The van der Waals surface area contributed by atoms with E-state index in [1.54, 1.807) is 31.4 Å². The summed E-state index contributed by atoms with van der Waals surface area (Å²) in [4.78, 5) is 14.9. The fourth-order valence-corrected chi connectivity index (χ4v) is 3.76. The Morgan fingerprint density at radius 2 is 1.92 bits per heavy atom. The van der Waals surface area contributed by atoms with Crippen LogP contribution >= 0.6 is 11.6 Å². The van der Waals surface area contributed by atoms with Crippen molar-refractivity contribution in [2.45, 2.75) is 38.6 Å². The molecule has 25 heavy (non-hydrogen) atoms. The van der Waals surface area contributed by atoms with Crippen LogP contribution < -0.4 is 15.0 Å². The number of hydrogen-bond donors (Lipinski definition) is 1. The van der Waals surface area contributed by atoms with E-state index >= 15 is 0 Å². The van der Waals surface area contributed by atoms with Gasteiger partial charge in [0, 0.05) is 21.9 Å². The number of benzene rings is 2. The lowest BCUT2D eigenvalue weighted by molar-refractivity contribution is 0.247. The number of carbonyl (C=O) groups is 1. The second kappa shape index (κ2) is 6.60. The van der Waals surface area contributed by atoms with Crippen LogP contribution in [0.25, 0.3) is 0 Å². The molecule has 1 unspecified atom stereocenters. The maximum Gasteiger partial charge on any atom is 0.326 e. The lowest BCUT2D eigenvalue weighted by atomic mass is 9.80. The summed E-state index contributed by atoms with van der Waals surface area (Å²) in [6.45, 7) is 6.38. The van der Waals surface area contributed by atoms with Crippen LogP contribution in [0, 0.1) is 0 Å². The van der Waals surface area contributed by atoms with Crippen LogP contribution in [-0.2, 0) is 0 Å². The number of fused-ring (bicyclic) bond motifs is 1. The maximum absolute atomic E-state index is 13.0. The van der Waals surface area contributed by atoms with Crippen LogP contribution in [-0.4, -0.2) is 18.7 Å². The van der Waals surface area contributed by atoms with Gasteiger partial charge in [0.2, 0.25) is 0 Å². The molecule has 2 aromatic rings. The van der Waals surface area contributed by atoms with Gasteiger partial charge < -0.3 is 10.1 Å². The van der Waals surface area contributed by atoms with Gasteiger partial charge in [-0.15, -0.1) is 0 Å². The van der Waals surface area contributed by atoms with Crippen LogP contribution in [0.4, 0.5) is 16.2 Å². The molecule has 0 spiro atoms. The van der Waals surface area contributed by atoms with Crippen molar-refractivity contribution in [2.24, 2.45) is 0 Å². The zero-order valence-corrected chi connectivity index (χ0v) is 15.7. The highest BCUT2D eigenvalue weighted by Gasteiger charge is 2.40. The third-order valence-electron chi connectivity index (χ3n) is 4.72. The van der Waals surface area contributed by atoms with Crippen LogP contribution in [0.3, 0.4) is 0 Å². The molecule has 3 rings (SSSR count). The average molecular weight is 359 g/mol. The van der Waals surface area contributed by atoms with Crippen molar-refractivity contribution in [3.8, 4) is 5.75 Å². The van der Waals surface area contributed by atoms with E-state index in [2.05, 4.69) is 26.1 Å². The highest BCUT2D eigenvalue weighted by molar-refractivity contribution is 6.30. The van der Waals surface area contributed by atoms with Crippen LogP contribution in [0.2, 0.25) is 5.02 Å². The monoisotopic (exact) mass is 358 g/mol. The fourth-order valence-electron chi connectivity index (χ4n) is 3.63. The largest absolute Gasteiger partial charge is 0.497 e. The number of methoxy groups -OCH3 is 1. The van der Waals surface area contributed by atoms with Crippen molar-refractivity contribution in [2.75, 3.05) is 17.3 Å². The van der Waals surface area contributed by atoms with Crippen molar-refractivity contribution in [1.82, 2.24) is 0 Å². The van der Waals surface area contributed by atoms with E-state index in [4.69, 9.17) is 16.3 Å². The number of amides is 2.